The van der Waals surface area contributed by atoms with Crippen LogP contribution in [-0.4, -0.2) is 11.9 Å². The molecule has 6 heavy (non-hydrogen) atoms. The van der Waals surface area contributed by atoms with Gasteiger partial charge in [-0.05, 0) is 13.3 Å². The molecule has 0 aromatic heterocycles. The monoisotopic (exact) mass is 107 g/mol. The van der Waals surface area contributed by atoms with Crippen LogP contribution in [0.4, 0.5) is 4.39 Å². The van der Waals surface area contributed by atoms with Crippen molar-refractivity contribution in [2.75, 3.05) is 5.75 Å². The second-order valence-corrected chi connectivity index (χ2v) is 1.68. The molecule has 0 aromatic carbocycles. The zero-order valence-electron chi connectivity index (χ0n) is 3.78. The van der Waals surface area contributed by atoms with Gasteiger partial charge >= 0.3 is 0 Å². The topological polar surface area (TPSA) is 0 Å². The minimum Gasteiger partial charge on any atom is -0.248 e. The molecule has 0 aromatic rings. The van der Waals surface area contributed by atoms with E-state index in [2.05, 4.69) is 12.6 Å². The smallest absolute Gasteiger partial charge is 0.0981 e. The molecule has 2 heteroatoms. The largest absolute Gasteiger partial charge is 0.248 e. The average molecular weight is 107 g/mol. The molecule has 0 heterocycles. The van der Waals surface area contributed by atoms with Gasteiger partial charge < -0.3 is 0 Å². The van der Waals surface area contributed by atoms with Crippen LogP contribution in [-0.2, 0) is 0 Å². The Morgan fingerprint density at radius 3 is 2.33 bits per heavy atom. The molecule has 0 saturated heterocycles. The lowest BCUT2D eigenvalue weighted by Gasteiger charge is -1.90. The van der Waals surface area contributed by atoms with Crippen LogP contribution in [0.25, 0.3) is 0 Å². The number of hydrogen-bond acceptors (Lipinski definition) is 0. The Balaban J connectivity index is 2.63. The van der Waals surface area contributed by atoms with Gasteiger partial charge in [-0.15, -0.1) is 0 Å². The van der Waals surface area contributed by atoms with Gasteiger partial charge in [0.2, 0.25) is 0 Å². The summed E-state index contributed by atoms with van der Waals surface area (Å²) in [5.41, 5.74) is 0. The van der Waals surface area contributed by atoms with Crippen molar-refractivity contribution in [1.29, 1.82) is 0 Å². The highest BCUT2D eigenvalue weighted by molar-refractivity contribution is 7.80. The van der Waals surface area contributed by atoms with Crippen LogP contribution in [0.1, 0.15) is 13.3 Å². The fourth-order valence-corrected chi connectivity index (χ4v) is 0.487. The van der Waals surface area contributed by atoms with Crippen molar-refractivity contribution in [3.8, 4) is 0 Å². The van der Waals surface area contributed by atoms with Crippen LogP contribution >= 0.6 is 12.6 Å². The molecule has 0 aliphatic rings. The van der Waals surface area contributed by atoms with Crippen molar-refractivity contribution in [3.05, 3.63) is 0 Å². The molecule has 1 radical (unpaired) electrons. The van der Waals surface area contributed by atoms with E-state index in [1.54, 1.807) is 0 Å². The van der Waals surface area contributed by atoms with E-state index in [0.717, 1.165) is 0 Å². The summed E-state index contributed by atoms with van der Waals surface area (Å²) >= 11 is 4.49. The van der Waals surface area contributed by atoms with Gasteiger partial charge in [-0.1, -0.05) is 12.6 Å². The molecule has 0 bridgehead atoms. The zero-order valence-corrected chi connectivity index (χ0v) is 4.59. The van der Waals surface area contributed by atoms with E-state index in [1.165, 1.54) is 6.92 Å². The van der Waals surface area contributed by atoms with Crippen molar-refractivity contribution in [1.82, 2.24) is 0 Å². The van der Waals surface area contributed by atoms with E-state index < -0.39 is 6.17 Å². The fraction of sp³-hybridized carbons (Fsp3) is 1.00. The van der Waals surface area contributed by atoms with Crippen LogP contribution < -0.4 is 0 Å². The zero-order chi connectivity index (χ0) is 4.99. The fourth-order valence-electron chi connectivity index (χ4n) is 0.162. The number of hydrogen-bond donors (Lipinski definition) is 0. The molecule has 0 aliphatic carbocycles. The van der Waals surface area contributed by atoms with Gasteiger partial charge in [-0.2, -0.15) is 0 Å². The SMILES string of the molecule is CC(F)CC[S]. The first-order valence-electron chi connectivity index (χ1n) is 1.99. The van der Waals surface area contributed by atoms with E-state index in [-0.39, 0.29) is 0 Å². The Morgan fingerprint density at radius 1 is 1.83 bits per heavy atom. The molecule has 0 nitrogen and oxygen atoms in total. The molecule has 1 unspecified atom stereocenters. The summed E-state index contributed by atoms with van der Waals surface area (Å²) < 4.78 is 11.6. The molecule has 0 fully saturated rings. The minimum absolute atomic E-state index is 0.523. The molecule has 1 atom stereocenters. The van der Waals surface area contributed by atoms with Crippen LogP contribution in [0.15, 0.2) is 0 Å². The van der Waals surface area contributed by atoms with Crippen LogP contribution in [0.5, 0.6) is 0 Å². The first-order valence-corrected chi connectivity index (χ1v) is 2.57. The maximum absolute atomic E-state index is 11.6. The Labute approximate surface area is 43.2 Å². The highest BCUT2D eigenvalue weighted by Gasteiger charge is 1.91. The van der Waals surface area contributed by atoms with E-state index in [0.29, 0.717) is 12.2 Å². The van der Waals surface area contributed by atoms with Crippen LogP contribution in [0.3, 0.4) is 0 Å². The number of alkyl halides is 1. The summed E-state index contributed by atoms with van der Waals surface area (Å²) in [4.78, 5) is 0. The average Bonchev–Trinajstić information content (AvgIpc) is 1.35. The molecular formula is C4H8FS. The van der Waals surface area contributed by atoms with Gasteiger partial charge in [-0.25, -0.2) is 4.39 Å². The lowest BCUT2D eigenvalue weighted by atomic mass is 10.3. The van der Waals surface area contributed by atoms with Crippen LogP contribution in [0.2, 0.25) is 0 Å². The van der Waals surface area contributed by atoms with Crippen molar-refractivity contribution in [2.45, 2.75) is 19.5 Å². The predicted octanol–water partition coefficient (Wildman–Crippen LogP) is 1.93. The summed E-state index contributed by atoms with van der Waals surface area (Å²) in [5, 5.41) is 0. The van der Waals surface area contributed by atoms with Gasteiger partial charge in [-0.3, -0.25) is 0 Å². The van der Waals surface area contributed by atoms with Crippen LogP contribution in [0, 0.1) is 0 Å². The van der Waals surface area contributed by atoms with Crippen molar-refractivity contribution >= 4 is 12.6 Å². The van der Waals surface area contributed by atoms with Gasteiger partial charge in [0.15, 0.2) is 0 Å². The normalized spacial score (nSPS) is 14.5. The number of halogens is 1. The second kappa shape index (κ2) is 3.47. The third-order valence-electron chi connectivity index (χ3n) is 0.516. The molecule has 0 amide bonds. The van der Waals surface area contributed by atoms with E-state index >= 15 is 0 Å². The Bertz CT molecular complexity index is 28.7. The lowest BCUT2D eigenvalue weighted by molar-refractivity contribution is 0.355. The molecule has 0 N–H and O–H groups in total. The van der Waals surface area contributed by atoms with Gasteiger partial charge in [0, 0.05) is 5.75 Å². The van der Waals surface area contributed by atoms with E-state index in [9.17, 15) is 4.39 Å². The molecule has 0 aliphatic heterocycles. The predicted molar refractivity (Wildman–Crippen MR) is 27.6 cm³/mol. The van der Waals surface area contributed by atoms with Crippen molar-refractivity contribution in [3.63, 3.8) is 0 Å². The molecule has 0 saturated carbocycles. The second-order valence-electron chi connectivity index (χ2n) is 1.27. The summed E-state index contributed by atoms with van der Waals surface area (Å²) in [6.07, 6.45) is -0.183. The quantitative estimate of drug-likeness (QED) is 0.506. The first-order chi connectivity index (χ1) is 2.77. The number of rotatable bonds is 2. The maximum atomic E-state index is 11.6. The maximum Gasteiger partial charge on any atom is 0.0981 e. The van der Waals surface area contributed by atoms with Gasteiger partial charge in [0.05, 0.1) is 6.17 Å². The van der Waals surface area contributed by atoms with E-state index in [4.69, 9.17) is 0 Å². The lowest BCUT2D eigenvalue weighted by Crippen LogP contribution is -1.90. The molecular weight excluding hydrogens is 99.1 g/mol. The Morgan fingerprint density at radius 2 is 2.33 bits per heavy atom. The highest BCUT2D eigenvalue weighted by Crippen LogP contribution is 1.95. The first kappa shape index (κ1) is 6.28. The summed E-state index contributed by atoms with van der Waals surface area (Å²) in [5.74, 6) is 0.539. The Kier molecular flexibility index (Phi) is 3.63. The van der Waals surface area contributed by atoms with Gasteiger partial charge in [0.25, 0.3) is 0 Å². The summed E-state index contributed by atoms with van der Waals surface area (Å²) in [7, 11) is 0. The minimum atomic E-state index is -0.706. The highest BCUT2D eigenvalue weighted by atomic mass is 32.1. The molecule has 0 rings (SSSR count). The Hall–Kier alpha value is 0.280. The molecule has 0 spiro atoms. The third kappa shape index (κ3) is 4.28. The standard InChI is InChI=1S/C4H8FS/c1-4(5)2-3-6/h4H,2-3H2,1H3. The van der Waals surface area contributed by atoms with Crippen molar-refractivity contribution < 1.29 is 4.39 Å². The summed E-state index contributed by atoms with van der Waals surface area (Å²) in [6.45, 7) is 1.52. The van der Waals surface area contributed by atoms with Gasteiger partial charge in [0.1, 0.15) is 0 Å². The third-order valence-corrected chi connectivity index (χ3v) is 0.751. The molecule has 37 valence electrons. The summed E-state index contributed by atoms with van der Waals surface area (Å²) in [6, 6.07) is 0. The van der Waals surface area contributed by atoms with Crippen molar-refractivity contribution in [2.24, 2.45) is 0 Å². The van der Waals surface area contributed by atoms with E-state index in [1.807, 2.05) is 0 Å².